The number of fused-ring (bicyclic) bond motifs is 1. The van der Waals surface area contributed by atoms with E-state index in [1.807, 2.05) is 24.3 Å². The minimum Gasteiger partial charge on any atom is -0.469 e. The van der Waals surface area contributed by atoms with Crippen molar-refractivity contribution in [3.63, 3.8) is 0 Å². The Hall–Kier alpha value is -3.69. The van der Waals surface area contributed by atoms with Crippen LogP contribution in [-0.2, 0) is 9.47 Å². The number of halogens is 1. The lowest BCUT2D eigenvalue weighted by Crippen LogP contribution is -2.32. The van der Waals surface area contributed by atoms with E-state index in [-0.39, 0.29) is 24.1 Å². The van der Waals surface area contributed by atoms with Gasteiger partial charge in [0.2, 0.25) is 5.88 Å². The molecule has 0 saturated carbocycles. The molecule has 9 heteroatoms. The van der Waals surface area contributed by atoms with Gasteiger partial charge in [0.15, 0.2) is 17.8 Å². The summed E-state index contributed by atoms with van der Waals surface area (Å²) in [5, 5.41) is 7.08. The van der Waals surface area contributed by atoms with Gasteiger partial charge in [-0.25, -0.2) is 14.4 Å². The van der Waals surface area contributed by atoms with Gasteiger partial charge in [-0.15, -0.1) is 0 Å². The first-order valence-corrected chi connectivity index (χ1v) is 10.7. The summed E-state index contributed by atoms with van der Waals surface area (Å²) in [5.41, 5.74) is 3.01. The van der Waals surface area contributed by atoms with E-state index >= 15 is 0 Å². The molecule has 2 aliphatic rings. The van der Waals surface area contributed by atoms with Crippen LogP contribution >= 0.6 is 0 Å². The fourth-order valence-electron chi connectivity index (χ4n) is 4.14. The fraction of sp³-hybridized carbons (Fsp3) is 0.250. The average molecular weight is 445 g/mol. The van der Waals surface area contributed by atoms with Crippen molar-refractivity contribution in [2.24, 2.45) is 0 Å². The smallest absolute Gasteiger partial charge is 0.213 e. The number of pyridine rings is 2. The van der Waals surface area contributed by atoms with Crippen LogP contribution in [-0.4, -0.2) is 56.7 Å². The van der Waals surface area contributed by atoms with E-state index in [1.165, 1.54) is 12.1 Å². The van der Waals surface area contributed by atoms with Crippen molar-refractivity contribution in [1.29, 1.82) is 0 Å². The second-order valence-corrected chi connectivity index (χ2v) is 7.99. The monoisotopic (exact) mass is 445 g/mol. The van der Waals surface area contributed by atoms with Crippen molar-refractivity contribution in [1.82, 2.24) is 25.1 Å². The van der Waals surface area contributed by atoms with Crippen LogP contribution in [0.3, 0.4) is 0 Å². The molecule has 2 saturated heterocycles. The summed E-state index contributed by atoms with van der Waals surface area (Å²) in [6.45, 7) is 1.23. The second kappa shape index (κ2) is 8.34. The van der Waals surface area contributed by atoms with Crippen molar-refractivity contribution in [2.45, 2.75) is 24.7 Å². The first-order valence-electron chi connectivity index (χ1n) is 10.7. The molecule has 0 bridgehead atoms. The van der Waals surface area contributed by atoms with Gasteiger partial charge in [0, 0.05) is 41.8 Å². The van der Waals surface area contributed by atoms with Gasteiger partial charge in [0.05, 0.1) is 18.4 Å². The number of nitrogens with zero attached hydrogens (tertiary/aromatic N) is 4. The average Bonchev–Trinajstić information content (AvgIpc) is 3.59. The van der Waals surface area contributed by atoms with Crippen LogP contribution < -0.4 is 4.74 Å². The lowest BCUT2D eigenvalue weighted by Gasteiger charge is -2.17. The predicted molar refractivity (Wildman–Crippen MR) is 117 cm³/mol. The fourth-order valence-corrected chi connectivity index (χ4v) is 4.14. The first-order chi connectivity index (χ1) is 16.2. The molecule has 166 valence electrons. The summed E-state index contributed by atoms with van der Waals surface area (Å²) in [6.07, 6.45) is 4.33. The van der Waals surface area contributed by atoms with E-state index in [4.69, 9.17) is 14.2 Å². The van der Waals surface area contributed by atoms with Crippen LogP contribution in [0.1, 0.15) is 6.42 Å². The Morgan fingerprint density at radius 3 is 2.70 bits per heavy atom. The molecule has 3 atom stereocenters. The van der Waals surface area contributed by atoms with Gasteiger partial charge < -0.3 is 14.2 Å². The summed E-state index contributed by atoms with van der Waals surface area (Å²) in [7, 11) is 0. The molecule has 0 unspecified atom stereocenters. The SMILES string of the molecule is Fc1cccc(-c2nc(-c3ccc(-c4ccc(O[C@H]5CO[C@@H]6CCO[C@H]56)nc4)nc3)n[nH]2)c1. The highest BCUT2D eigenvalue weighted by Crippen LogP contribution is 2.29. The van der Waals surface area contributed by atoms with Crippen LogP contribution in [0.25, 0.3) is 34.0 Å². The largest absolute Gasteiger partial charge is 0.469 e. The Morgan fingerprint density at radius 2 is 1.88 bits per heavy atom. The topological polar surface area (TPSA) is 95.0 Å². The van der Waals surface area contributed by atoms with Crippen molar-refractivity contribution in [3.8, 4) is 39.9 Å². The molecule has 5 heterocycles. The zero-order valence-corrected chi connectivity index (χ0v) is 17.5. The highest BCUT2D eigenvalue weighted by atomic mass is 19.1. The number of aromatic amines is 1. The zero-order chi connectivity index (χ0) is 22.2. The molecule has 4 aromatic rings. The number of rotatable bonds is 5. The van der Waals surface area contributed by atoms with Crippen LogP contribution in [0.15, 0.2) is 60.9 Å². The third-order valence-corrected chi connectivity index (χ3v) is 5.83. The highest BCUT2D eigenvalue weighted by molar-refractivity contribution is 5.64. The maximum Gasteiger partial charge on any atom is 0.213 e. The molecule has 2 aliphatic heterocycles. The molecule has 1 aromatic carbocycles. The van der Waals surface area contributed by atoms with E-state index in [1.54, 1.807) is 24.5 Å². The number of hydrogen-bond acceptors (Lipinski definition) is 7. The summed E-state index contributed by atoms with van der Waals surface area (Å²) in [5.74, 6) is 1.19. The molecule has 3 aromatic heterocycles. The molecule has 0 amide bonds. The van der Waals surface area contributed by atoms with Crippen molar-refractivity contribution in [3.05, 3.63) is 66.7 Å². The van der Waals surface area contributed by atoms with Crippen LogP contribution in [0.2, 0.25) is 0 Å². The number of aromatic nitrogens is 5. The summed E-state index contributed by atoms with van der Waals surface area (Å²) < 4.78 is 30.9. The Kier molecular flexibility index (Phi) is 5.04. The number of H-pyrrole nitrogens is 1. The minimum atomic E-state index is -0.325. The second-order valence-electron chi connectivity index (χ2n) is 7.99. The lowest BCUT2D eigenvalue weighted by molar-refractivity contribution is 0.0289. The molecule has 8 nitrogen and oxygen atoms in total. The van der Waals surface area contributed by atoms with Gasteiger partial charge in [0.1, 0.15) is 11.9 Å². The van der Waals surface area contributed by atoms with Gasteiger partial charge in [0.25, 0.3) is 0 Å². The quantitative estimate of drug-likeness (QED) is 0.501. The highest BCUT2D eigenvalue weighted by Gasteiger charge is 2.43. The van der Waals surface area contributed by atoms with Crippen LogP contribution in [0.4, 0.5) is 4.39 Å². The molecule has 1 N–H and O–H groups in total. The summed E-state index contributed by atoms with van der Waals surface area (Å²) >= 11 is 0. The maximum atomic E-state index is 13.5. The molecular weight excluding hydrogens is 425 g/mol. The van der Waals surface area contributed by atoms with Crippen LogP contribution in [0, 0.1) is 5.82 Å². The molecular formula is C24H20FN5O3. The lowest BCUT2D eigenvalue weighted by atomic mass is 10.1. The van der Waals surface area contributed by atoms with Crippen molar-refractivity contribution < 1.29 is 18.6 Å². The molecule has 2 fully saturated rings. The number of nitrogens with one attached hydrogen (secondary N) is 1. The molecule has 0 spiro atoms. The van der Waals surface area contributed by atoms with Gasteiger partial charge in [-0.3, -0.25) is 10.1 Å². The van der Waals surface area contributed by atoms with E-state index in [2.05, 4.69) is 25.1 Å². The van der Waals surface area contributed by atoms with Gasteiger partial charge in [-0.1, -0.05) is 12.1 Å². The van der Waals surface area contributed by atoms with E-state index in [0.29, 0.717) is 36.3 Å². The minimum absolute atomic E-state index is 0.0160. The summed E-state index contributed by atoms with van der Waals surface area (Å²) in [6, 6.07) is 13.7. The Bertz CT molecular complexity index is 1260. The Balaban J connectivity index is 1.15. The molecule has 33 heavy (non-hydrogen) atoms. The van der Waals surface area contributed by atoms with Gasteiger partial charge >= 0.3 is 0 Å². The Morgan fingerprint density at radius 1 is 0.970 bits per heavy atom. The number of ether oxygens (including phenoxy) is 3. The summed E-state index contributed by atoms with van der Waals surface area (Å²) in [4.78, 5) is 13.4. The standard InChI is InChI=1S/C24H20FN5O3/c25-17-3-1-2-14(10-17)23-28-24(30-29-23)16-4-6-18(26-12-16)15-5-7-21(27-11-15)33-20-13-32-19-8-9-31-22(19)20/h1-7,10-12,19-20,22H,8-9,13H2,(H,28,29,30)/t19-,20+,22+/m1/s1. The van der Waals surface area contributed by atoms with Gasteiger partial charge in [-0.05, 0) is 36.8 Å². The Labute approximate surface area is 188 Å². The molecule has 6 rings (SSSR count). The number of benzene rings is 1. The van der Waals surface area contributed by atoms with Crippen LogP contribution in [0.5, 0.6) is 5.88 Å². The molecule has 0 aliphatic carbocycles. The molecule has 0 radical (unpaired) electrons. The van der Waals surface area contributed by atoms with E-state index in [9.17, 15) is 4.39 Å². The van der Waals surface area contributed by atoms with E-state index < -0.39 is 0 Å². The predicted octanol–water partition coefficient (Wildman–Crippen LogP) is 3.67. The van der Waals surface area contributed by atoms with Crippen molar-refractivity contribution in [2.75, 3.05) is 13.2 Å². The zero-order valence-electron chi connectivity index (χ0n) is 17.5. The third-order valence-electron chi connectivity index (χ3n) is 5.83. The maximum absolute atomic E-state index is 13.5. The number of hydrogen-bond donors (Lipinski definition) is 1. The first kappa shape index (κ1) is 20.0. The van der Waals surface area contributed by atoms with E-state index in [0.717, 1.165) is 23.2 Å². The van der Waals surface area contributed by atoms with Crippen molar-refractivity contribution >= 4 is 0 Å². The normalized spacial score (nSPS) is 21.8. The van der Waals surface area contributed by atoms with Gasteiger partial charge in [-0.2, -0.15) is 5.10 Å². The third kappa shape index (κ3) is 3.96.